The third-order valence-electron chi connectivity index (χ3n) is 1.32. The average Bonchev–Trinajstić information content (AvgIpc) is 2.08. The highest BCUT2D eigenvalue weighted by atomic mass is 35.5. The van der Waals surface area contributed by atoms with E-state index in [2.05, 4.69) is 4.99 Å². The average molecular weight is 287 g/mol. The number of rotatable bonds is 3. The van der Waals surface area contributed by atoms with Crippen molar-refractivity contribution < 1.29 is 9.18 Å². The van der Waals surface area contributed by atoms with Gasteiger partial charge in [-0.3, -0.25) is 0 Å². The molecule has 0 atom stereocenters. The minimum absolute atomic E-state index is 0.208. The van der Waals surface area contributed by atoms with Crippen molar-refractivity contribution in [3.63, 3.8) is 0 Å². The van der Waals surface area contributed by atoms with Gasteiger partial charge < -0.3 is 0 Å². The maximum atomic E-state index is 12.9. The maximum Gasteiger partial charge on any atom is 0.309 e. The third kappa shape index (κ3) is 4.41. The lowest BCUT2D eigenvalue weighted by Gasteiger charge is -2.09. The molecule has 0 heterocycles. The Morgan fingerprint density at radius 3 is 2.60 bits per heavy atom. The normalized spacial score (nSPS) is 10.9. The number of isocyanates is 1. The summed E-state index contributed by atoms with van der Waals surface area (Å²) in [7, 11) is 0. The van der Waals surface area contributed by atoms with Crippen molar-refractivity contribution in [1.29, 1.82) is 0 Å². The Hall–Kier alpha value is -0.250. The van der Waals surface area contributed by atoms with E-state index in [-0.39, 0.29) is 5.02 Å². The molecule has 80 valence electrons. The number of carbonyl (C=O) groups excluding carboxylic acids is 1. The predicted molar refractivity (Wildman–Crippen MR) is 60.6 cm³/mol. The number of alkyl halides is 3. The zero-order chi connectivity index (χ0) is 11.5. The van der Waals surface area contributed by atoms with Crippen molar-refractivity contribution in [2.75, 3.05) is 0 Å². The van der Waals surface area contributed by atoms with Gasteiger partial charge in [0.25, 0.3) is 0 Å². The first-order valence-corrected chi connectivity index (χ1v) is 5.50. The Bertz CT molecular complexity index is 415. The summed E-state index contributed by atoms with van der Waals surface area (Å²) < 4.78 is 10.4. The van der Waals surface area contributed by atoms with Crippen LogP contribution in [-0.4, -0.2) is 10.00 Å². The number of hydrogen-bond acceptors (Lipinski definition) is 3. The Morgan fingerprint density at radius 1 is 1.47 bits per heavy atom. The Morgan fingerprint density at radius 2 is 2.13 bits per heavy atom. The van der Waals surface area contributed by atoms with E-state index in [4.69, 9.17) is 34.8 Å². The second-order valence-corrected chi connectivity index (χ2v) is 5.66. The van der Waals surface area contributed by atoms with Crippen molar-refractivity contribution in [3.8, 4) is 0 Å². The SMILES string of the molecule is O=C=Nc1ccc(SC(F)(Cl)Cl)c(Cl)c1. The van der Waals surface area contributed by atoms with Crippen molar-refractivity contribution in [3.05, 3.63) is 23.2 Å². The molecule has 0 N–H and O–H groups in total. The van der Waals surface area contributed by atoms with Crippen LogP contribution in [-0.2, 0) is 4.79 Å². The van der Waals surface area contributed by atoms with Crippen molar-refractivity contribution in [1.82, 2.24) is 0 Å². The molecule has 1 rings (SSSR count). The molecule has 0 spiro atoms. The highest BCUT2D eigenvalue weighted by molar-refractivity contribution is 8.03. The number of benzene rings is 1. The number of halogens is 4. The van der Waals surface area contributed by atoms with E-state index in [1.165, 1.54) is 24.3 Å². The summed E-state index contributed by atoms with van der Waals surface area (Å²) in [5.41, 5.74) is 0.327. The van der Waals surface area contributed by atoms with Gasteiger partial charge in [0.2, 0.25) is 6.08 Å². The topological polar surface area (TPSA) is 29.4 Å². The van der Waals surface area contributed by atoms with Gasteiger partial charge in [0, 0.05) is 4.90 Å². The van der Waals surface area contributed by atoms with Gasteiger partial charge in [0.05, 0.1) is 10.7 Å². The lowest BCUT2D eigenvalue weighted by Crippen LogP contribution is -1.95. The molecule has 0 fully saturated rings. The smallest absolute Gasteiger partial charge is 0.211 e. The van der Waals surface area contributed by atoms with Gasteiger partial charge in [0.15, 0.2) is 0 Å². The molecule has 0 aliphatic rings. The first kappa shape index (κ1) is 12.8. The van der Waals surface area contributed by atoms with Crippen molar-refractivity contribution >= 4 is 58.3 Å². The van der Waals surface area contributed by atoms with E-state index in [0.717, 1.165) is 0 Å². The third-order valence-corrected chi connectivity index (χ3v) is 3.01. The minimum Gasteiger partial charge on any atom is -0.211 e. The molecule has 0 amide bonds. The quantitative estimate of drug-likeness (QED) is 0.355. The lowest BCUT2D eigenvalue weighted by molar-refractivity contribution is 0.516. The number of aliphatic imine (C=N–C) groups is 1. The van der Waals surface area contributed by atoms with E-state index < -0.39 is 3.92 Å². The van der Waals surface area contributed by atoms with Gasteiger partial charge in [-0.2, -0.15) is 9.38 Å². The molecule has 0 aliphatic carbocycles. The van der Waals surface area contributed by atoms with Crippen LogP contribution in [0.1, 0.15) is 0 Å². The Kier molecular flexibility index (Phi) is 4.44. The van der Waals surface area contributed by atoms with Gasteiger partial charge in [-0.1, -0.05) is 46.6 Å². The fourth-order valence-corrected chi connectivity index (χ4v) is 2.15. The van der Waals surface area contributed by atoms with Gasteiger partial charge in [-0.05, 0) is 18.2 Å². The van der Waals surface area contributed by atoms with E-state index in [1.54, 1.807) is 0 Å². The standard InChI is InChI=1S/C8H3Cl3FNOS/c9-6-3-5(13-4-14)1-2-7(6)15-8(10,11)12/h1-3H. The second-order valence-electron chi connectivity index (χ2n) is 2.37. The van der Waals surface area contributed by atoms with Crippen molar-refractivity contribution in [2.45, 2.75) is 8.81 Å². The maximum absolute atomic E-state index is 12.9. The number of thioether (sulfide) groups is 1. The van der Waals surface area contributed by atoms with Crippen LogP contribution < -0.4 is 0 Å². The largest absolute Gasteiger partial charge is 0.309 e. The number of hydrogen-bond donors (Lipinski definition) is 0. The van der Waals surface area contributed by atoms with Crippen LogP contribution in [0, 0.1) is 0 Å². The molecule has 0 aromatic heterocycles. The summed E-state index contributed by atoms with van der Waals surface area (Å²) in [6.45, 7) is 0. The van der Waals surface area contributed by atoms with E-state index in [1.807, 2.05) is 0 Å². The summed E-state index contributed by atoms with van der Waals surface area (Å²) in [5.74, 6) is 0. The number of nitrogens with zero attached hydrogens (tertiary/aromatic N) is 1. The van der Waals surface area contributed by atoms with Gasteiger partial charge in [-0.15, -0.1) is 0 Å². The van der Waals surface area contributed by atoms with Crippen LogP contribution in [0.5, 0.6) is 0 Å². The van der Waals surface area contributed by atoms with Crippen LogP contribution in [0.3, 0.4) is 0 Å². The molecule has 0 saturated heterocycles. The molecular weight excluding hydrogens is 284 g/mol. The van der Waals surface area contributed by atoms with Gasteiger partial charge in [0.1, 0.15) is 0 Å². The van der Waals surface area contributed by atoms with Crippen LogP contribution in [0.4, 0.5) is 10.1 Å². The molecule has 7 heteroatoms. The molecule has 0 aliphatic heterocycles. The van der Waals surface area contributed by atoms with E-state index >= 15 is 0 Å². The molecule has 0 saturated carbocycles. The van der Waals surface area contributed by atoms with Crippen LogP contribution in [0.2, 0.25) is 5.02 Å². The first-order chi connectivity index (χ1) is 6.92. The van der Waals surface area contributed by atoms with Gasteiger partial charge >= 0.3 is 3.92 Å². The summed E-state index contributed by atoms with van der Waals surface area (Å²) in [6.07, 6.45) is 1.36. The zero-order valence-electron chi connectivity index (χ0n) is 7.01. The van der Waals surface area contributed by atoms with Crippen LogP contribution in [0.15, 0.2) is 28.1 Å². The Balaban J connectivity index is 2.98. The highest BCUT2D eigenvalue weighted by Crippen LogP contribution is 2.44. The molecule has 1 aromatic carbocycles. The first-order valence-electron chi connectivity index (χ1n) is 3.55. The summed E-state index contributed by atoms with van der Waals surface area (Å²) in [4.78, 5) is 13.7. The molecule has 15 heavy (non-hydrogen) atoms. The molecule has 1 aromatic rings. The molecule has 0 unspecified atom stereocenters. The molecule has 0 bridgehead atoms. The van der Waals surface area contributed by atoms with E-state index in [0.29, 0.717) is 22.3 Å². The Labute approximate surface area is 104 Å². The minimum atomic E-state index is -2.45. The fourth-order valence-electron chi connectivity index (χ4n) is 0.819. The summed E-state index contributed by atoms with van der Waals surface area (Å²) in [5, 5.41) is 0.208. The highest BCUT2D eigenvalue weighted by Gasteiger charge is 2.25. The summed E-state index contributed by atoms with van der Waals surface area (Å²) >= 11 is 16.6. The van der Waals surface area contributed by atoms with Crippen LogP contribution >= 0.6 is 46.6 Å². The summed E-state index contributed by atoms with van der Waals surface area (Å²) in [6, 6.07) is 4.31. The van der Waals surface area contributed by atoms with Crippen molar-refractivity contribution in [2.24, 2.45) is 4.99 Å². The lowest BCUT2D eigenvalue weighted by atomic mass is 10.3. The zero-order valence-corrected chi connectivity index (χ0v) is 10.1. The van der Waals surface area contributed by atoms with Crippen LogP contribution in [0.25, 0.3) is 0 Å². The predicted octanol–water partition coefficient (Wildman–Crippen LogP) is 4.46. The second kappa shape index (κ2) is 5.19. The fraction of sp³-hybridized carbons (Fsp3) is 0.125. The molecule has 2 nitrogen and oxygen atoms in total. The molecule has 0 radical (unpaired) electrons. The monoisotopic (exact) mass is 285 g/mol. The molecular formula is C8H3Cl3FNOS. The van der Waals surface area contributed by atoms with E-state index in [9.17, 15) is 9.18 Å². The van der Waals surface area contributed by atoms with Gasteiger partial charge in [-0.25, -0.2) is 4.79 Å².